The van der Waals surface area contributed by atoms with E-state index in [2.05, 4.69) is 0 Å². The zero-order chi connectivity index (χ0) is 0. The predicted octanol–water partition coefficient (Wildman–Crippen LogP) is -2.86. The normalized spacial score (nSPS) is 0. The molecule has 0 atom stereocenters. The van der Waals surface area contributed by atoms with Gasteiger partial charge in [0.1, 0.15) is 0 Å². The summed E-state index contributed by atoms with van der Waals surface area (Å²) in [6.07, 6.45) is 0. The summed E-state index contributed by atoms with van der Waals surface area (Å²) in [5, 5.41) is 0. The van der Waals surface area contributed by atoms with Crippen molar-refractivity contribution < 1.29 is 38.1 Å². The molecule has 0 heterocycles. The quantitative estimate of drug-likeness (QED) is 0.367. The minimum absolute atomic E-state index is 0. The molecular weight excluding hydrogens is 183 g/mol. The maximum atomic E-state index is 0. The molecule has 0 aliphatic rings. The van der Waals surface area contributed by atoms with Crippen molar-refractivity contribution in [2.75, 3.05) is 0 Å². The third-order valence-electron chi connectivity index (χ3n) is 0. The SMILES string of the molecule is O.O.O.[Sr].[Ti]. The second-order valence-corrected chi connectivity index (χ2v) is 0. The first-order valence-electron chi connectivity index (χ1n) is 0. The Morgan fingerprint density at radius 3 is 0.600 bits per heavy atom. The third kappa shape index (κ3) is 23.4. The molecule has 0 bridgehead atoms. The fraction of sp³-hybridized carbons (Fsp3) is 0. The van der Waals surface area contributed by atoms with Crippen LogP contribution >= 0.6 is 0 Å². The number of hydrogen-bond acceptors (Lipinski definition) is 0. The molecule has 0 spiro atoms. The van der Waals surface area contributed by atoms with Crippen LogP contribution in [-0.2, 0) is 21.7 Å². The van der Waals surface area contributed by atoms with Crippen molar-refractivity contribution >= 4 is 45.5 Å². The third-order valence-corrected chi connectivity index (χ3v) is 0. The molecule has 5 heteroatoms. The van der Waals surface area contributed by atoms with Crippen LogP contribution in [0.15, 0.2) is 0 Å². The van der Waals surface area contributed by atoms with E-state index in [9.17, 15) is 0 Å². The van der Waals surface area contributed by atoms with Crippen LogP contribution in [0, 0.1) is 0 Å². The molecule has 0 aromatic carbocycles. The van der Waals surface area contributed by atoms with Crippen LogP contribution in [0.4, 0.5) is 0 Å². The summed E-state index contributed by atoms with van der Waals surface area (Å²) >= 11 is 0. The van der Waals surface area contributed by atoms with Crippen LogP contribution < -0.4 is 0 Å². The van der Waals surface area contributed by atoms with E-state index in [1.54, 1.807) is 0 Å². The molecule has 6 N–H and O–H groups in total. The van der Waals surface area contributed by atoms with Crippen molar-refractivity contribution in [3.63, 3.8) is 0 Å². The van der Waals surface area contributed by atoms with Gasteiger partial charge in [-0.3, -0.25) is 0 Å². The van der Waals surface area contributed by atoms with E-state index in [0.29, 0.717) is 0 Å². The van der Waals surface area contributed by atoms with Crippen LogP contribution in [0.5, 0.6) is 0 Å². The van der Waals surface area contributed by atoms with Crippen molar-refractivity contribution in [1.29, 1.82) is 0 Å². The second kappa shape index (κ2) is 36.3. The van der Waals surface area contributed by atoms with Crippen molar-refractivity contribution in [2.24, 2.45) is 0 Å². The molecule has 0 saturated heterocycles. The fourth-order valence-corrected chi connectivity index (χ4v) is 0. The molecule has 0 amide bonds. The van der Waals surface area contributed by atoms with Crippen molar-refractivity contribution in [3.05, 3.63) is 0 Å². The van der Waals surface area contributed by atoms with Gasteiger partial charge in [-0.1, -0.05) is 0 Å². The smallest absolute Gasteiger partial charge is 0 e. The summed E-state index contributed by atoms with van der Waals surface area (Å²) in [6, 6.07) is 0. The van der Waals surface area contributed by atoms with Gasteiger partial charge in [-0.2, -0.15) is 0 Å². The molecule has 0 aliphatic heterocycles. The van der Waals surface area contributed by atoms with Gasteiger partial charge in [-0.05, 0) is 0 Å². The molecule has 0 aliphatic carbocycles. The van der Waals surface area contributed by atoms with Gasteiger partial charge in [-0.25, -0.2) is 0 Å². The van der Waals surface area contributed by atoms with Crippen molar-refractivity contribution in [3.8, 4) is 0 Å². The van der Waals surface area contributed by atoms with E-state index in [4.69, 9.17) is 0 Å². The van der Waals surface area contributed by atoms with Crippen LogP contribution in [0.1, 0.15) is 0 Å². The first-order chi connectivity index (χ1) is 0. The first-order valence-corrected chi connectivity index (χ1v) is 0. The molecule has 0 fully saturated rings. The minimum atomic E-state index is 0. The molecule has 0 aromatic heterocycles. The Morgan fingerprint density at radius 1 is 0.600 bits per heavy atom. The largest absolute Gasteiger partial charge is 0.412 e. The first kappa shape index (κ1) is 60.6. The van der Waals surface area contributed by atoms with E-state index in [0.717, 1.165) is 0 Å². The maximum Gasteiger partial charge on any atom is 0 e. The van der Waals surface area contributed by atoms with Gasteiger partial charge in [-0.15, -0.1) is 0 Å². The fourth-order valence-electron chi connectivity index (χ4n) is 0. The van der Waals surface area contributed by atoms with Gasteiger partial charge in [0.15, 0.2) is 0 Å². The average molecular weight is 190 g/mol. The summed E-state index contributed by atoms with van der Waals surface area (Å²) in [6.45, 7) is 0. The molecular formula is H6O3SrTi. The van der Waals surface area contributed by atoms with Gasteiger partial charge >= 0.3 is 0 Å². The van der Waals surface area contributed by atoms with Gasteiger partial charge in [0, 0.05) is 67.2 Å². The van der Waals surface area contributed by atoms with E-state index in [-0.39, 0.29) is 83.6 Å². The van der Waals surface area contributed by atoms with Crippen molar-refractivity contribution in [1.82, 2.24) is 0 Å². The predicted molar refractivity (Wildman–Crippen MR) is 16.6 cm³/mol. The number of rotatable bonds is 0. The topological polar surface area (TPSA) is 94.5 Å². The summed E-state index contributed by atoms with van der Waals surface area (Å²) in [5.74, 6) is 0. The summed E-state index contributed by atoms with van der Waals surface area (Å²) < 4.78 is 0. The Hall–Kier alpha value is 2.07. The maximum absolute atomic E-state index is 0. The van der Waals surface area contributed by atoms with Gasteiger partial charge in [0.2, 0.25) is 0 Å². The standard InChI is InChI=1S/3H2O.Sr.Ti/h3*1H2;;. The Kier molecular flexibility index (Phi) is 441. The number of hydrogen-bond donors (Lipinski definition) is 0. The molecule has 0 unspecified atom stereocenters. The molecule has 5 heavy (non-hydrogen) atoms. The summed E-state index contributed by atoms with van der Waals surface area (Å²) in [7, 11) is 0. The monoisotopic (exact) mass is 190 g/mol. The zero-order valence-electron chi connectivity index (χ0n) is 2.71. The molecule has 3 nitrogen and oxygen atoms in total. The Bertz CT molecular complexity index is 6.85. The second-order valence-electron chi connectivity index (χ2n) is 0. The Labute approximate surface area is 82.2 Å². The average Bonchev–Trinajstić information content (AvgIpc) is 0. The van der Waals surface area contributed by atoms with Gasteiger partial charge in [0.25, 0.3) is 0 Å². The zero-order valence-corrected chi connectivity index (χ0v) is 7.74. The minimum Gasteiger partial charge on any atom is -0.412 e. The van der Waals surface area contributed by atoms with Crippen LogP contribution in [0.2, 0.25) is 0 Å². The molecule has 30 valence electrons. The van der Waals surface area contributed by atoms with E-state index < -0.39 is 0 Å². The molecule has 2 radical (unpaired) electrons. The van der Waals surface area contributed by atoms with Crippen LogP contribution in [0.3, 0.4) is 0 Å². The van der Waals surface area contributed by atoms with E-state index in [1.807, 2.05) is 0 Å². The summed E-state index contributed by atoms with van der Waals surface area (Å²) in [5.41, 5.74) is 0. The summed E-state index contributed by atoms with van der Waals surface area (Å²) in [4.78, 5) is 0. The Balaban J connectivity index is 0. The van der Waals surface area contributed by atoms with Crippen LogP contribution in [-0.4, -0.2) is 61.9 Å². The van der Waals surface area contributed by atoms with Crippen LogP contribution in [0.25, 0.3) is 0 Å². The van der Waals surface area contributed by atoms with E-state index >= 15 is 0 Å². The molecule has 0 rings (SSSR count). The molecule has 0 aromatic rings. The van der Waals surface area contributed by atoms with Gasteiger partial charge < -0.3 is 16.4 Å². The van der Waals surface area contributed by atoms with E-state index in [1.165, 1.54) is 0 Å². The van der Waals surface area contributed by atoms with Crippen molar-refractivity contribution in [2.45, 2.75) is 0 Å². The van der Waals surface area contributed by atoms with Gasteiger partial charge in [0.05, 0.1) is 0 Å². The Morgan fingerprint density at radius 2 is 0.600 bits per heavy atom. The molecule has 0 saturated carbocycles.